The van der Waals surface area contributed by atoms with Crippen molar-refractivity contribution in [3.63, 3.8) is 0 Å². The van der Waals surface area contributed by atoms with E-state index in [0.29, 0.717) is 5.92 Å². The fourth-order valence-corrected chi connectivity index (χ4v) is 1.58. The van der Waals surface area contributed by atoms with Gasteiger partial charge in [-0.3, -0.25) is 5.32 Å². The molecule has 0 spiro atoms. The molecule has 20 heavy (non-hydrogen) atoms. The van der Waals surface area contributed by atoms with E-state index in [1.807, 2.05) is 18.2 Å². The summed E-state index contributed by atoms with van der Waals surface area (Å²) < 4.78 is 9.09. The van der Waals surface area contributed by atoms with Gasteiger partial charge in [0.25, 0.3) is 0 Å². The summed E-state index contributed by atoms with van der Waals surface area (Å²) in [5.74, 6) is 6.27. The highest BCUT2D eigenvalue weighted by atomic mass is 16.7. The average molecular weight is 275 g/mol. The lowest BCUT2D eigenvalue weighted by Gasteiger charge is -2.16. The van der Waals surface area contributed by atoms with E-state index < -0.39 is 6.16 Å². The van der Waals surface area contributed by atoms with Crippen LogP contribution < -0.4 is 5.32 Å². The zero-order valence-corrected chi connectivity index (χ0v) is 12.2. The normalized spacial score (nSPS) is 11.4. The zero-order valence-electron chi connectivity index (χ0n) is 12.2. The Morgan fingerprint density at radius 3 is 2.60 bits per heavy atom. The van der Waals surface area contributed by atoms with Crippen LogP contribution in [-0.4, -0.2) is 25.9 Å². The third-order valence-electron chi connectivity index (χ3n) is 2.72. The van der Waals surface area contributed by atoms with Gasteiger partial charge in [-0.2, -0.15) is 0 Å². The first-order valence-electron chi connectivity index (χ1n) is 6.60. The first kappa shape index (κ1) is 16.1. The maximum absolute atomic E-state index is 10.8. The van der Waals surface area contributed by atoms with Crippen LogP contribution in [0.4, 0.5) is 4.79 Å². The van der Waals surface area contributed by atoms with Gasteiger partial charge in [-0.1, -0.05) is 56.0 Å². The Morgan fingerprint density at radius 2 is 2.00 bits per heavy atom. The van der Waals surface area contributed by atoms with E-state index in [2.05, 4.69) is 47.9 Å². The number of hydrogen-bond donors (Lipinski definition) is 1. The van der Waals surface area contributed by atoms with Gasteiger partial charge < -0.3 is 9.47 Å². The second kappa shape index (κ2) is 9.00. The molecule has 1 rings (SSSR count). The van der Waals surface area contributed by atoms with Gasteiger partial charge in [-0.15, -0.1) is 0 Å². The Balaban J connectivity index is 2.45. The van der Waals surface area contributed by atoms with Crippen LogP contribution in [0.3, 0.4) is 0 Å². The summed E-state index contributed by atoms with van der Waals surface area (Å²) in [6.45, 7) is 5.00. The van der Waals surface area contributed by atoms with Crippen molar-refractivity contribution >= 4 is 6.16 Å². The monoisotopic (exact) mass is 275 g/mol. The minimum atomic E-state index is -0.711. The largest absolute Gasteiger partial charge is 0.508 e. The van der Waals surface area contributed by atoms with E-state index in [4.69, 9.17) is 4.74 Å². The van der Waals surface area contributed by atoms with Crippen molar-refractivity contribution in [2.24, 2.45) is 5.92 Å². The smallest absolute Gasteiger partial charge is 0.438 e. The summed E-state index contributed by atoms with van der Waals surface area (Å²) in [6, 6.07) is 10.2. The molecule has 0 aliphatic rings. The van der Waals surface area contributed by atoms with E-state index in [1.54, 1.807) is 0 Å². The van der Waals surface area contributed by atoms with Gasteiger partial charge in [-0.25, -0.2) is 4.79 Å². The van der Waals surface area contributed by atoms with Crippen molar-refractivity contribution in [2.45, 2.75) is 26.4 Å². The molecule has 1 aromatic rings. The van der Waals surface area contributed by atoms with Crippen LogP contribution in [0.1, 0.15) is 19.4 Å². The molecule has 0 aromatic heterocycles. The first-order chi connectivity index (χ1) is 9.63. The molecule has 0 saturated carbocycles. The SMILES string of the molecule is COC(=O)OCC#CC(NCc1ccccc1)C(C)C. The van der Waals surface area contributed by atoms with Crippen LogP contribution in [0, 0.1) is 17.8 Å². The molecule has 0 aliphatic heterocycles. The third kappa shape index (κ3) is 6.26. The van der Waals surface area contributed by atoms with Gasteiger partial charge in [0, 0.05) is 6.54 Å². The standard InChI is InChI=1S/C16H21NO3/c1-13(2)15(10-7-11-20-16(18)19-3)17-12-14-8-5-4-6-9-14/h4-6,8-9,13,15,17H,11-12H2,1-3H3. The highest BCUT2D eigenvalue weighted by Gasteiger charge is 2.09. The molecule has 1 unspecified atom stereocenters. The van der Waals surface area contributed by atoms with Crippen molar-refractivity contribution in [2.75, 3.05) is 13.7 Å². The Labute approximate surface area is 120 Å². The lowest BCUT2D eigenvalue weighted by atomic mass is 10.0. The molecule has 0 saturated heterocycles. The van der Waals surface area contributed by atoms with Crippen molar-refractivity contribution in [1.29, 1.82) is 0 Å². The molecule has 108 valence electrons. The van der Waals surface area contributed by atoms with E-state index in [9.17, 15) is 4.79 Å². The summed E-state index contributed by atoms with van der Waals surface area (Å²) in [6.07, 6.45) is -0.711. The Hall–Kier alpha value is -1.99. The molecule has 0 fully saturated rings. The number of ether oxygens (including phenoxy) is 2. The predicted molar refractivity (Wildman–Crippen MR) is 78.0 cm³/mol. The topological polar surface area (TPSA) is 47.6 Å². The van der Waals surface area contributed by atoms with Crippen molar-refractivity contribution in [1.82, 2.24) is 5.32 Å². The zero-order chi connectivity index (χ0) is 14.8. The number of rotatable bonds is 5. The van der Waals surface area contributed by atoms with Crippen molar-refractivity contribution < 1.29 is 14.3 Å². The van der Waals surface area contributed by atoms with E-state index in [1.165, 1.54) is 12.7 Å². The van der Waals surface area contributed by atoms with E-state index >= 15 is 0 Å². The first-order valence-corrected chi connectivity index (χ1v) is 6.60. The van der Waals surface area contributed by atoms with Gasteiger partial charge in [0.2, 0.25) is 0 Å². The van der Waals surface area contributed by atoms with Crippen LogP contribution in [0.15, 0.2) is 30.3 Å². The molecule has 0 aliphatic carbocycles. The van der Waals surface area contributed by atoms with Gasteiger partial charge in [0.05, 0.1) is 13.2 Å². The highest BCUT2D eigenvalue weighted by molar-refractivity contribution is 5.59. The quantitative estimate of drug-likeness (QED) is 0.663. The minimum absolute atomic E-state index is 0.0446. The van der Waals surface area contributed by atoms with Crippen LogP contribution in [0.5, 0.6) is 0 Å². The third-order valence-corrected chi connectivity index (χ3v) is 2.72. The number of methoxy groups -OCH3 is 1. The maximum atomic E-state index is 10.8. The lowest BCUT2D eigenvalue weighted by molar-refractivity contribution is 0.0832. The fourth-order valence-electron chi connectivity index (χ4n) is 1.58. The Kier molecular flexibility index (Phi) is 7.23. The Morgan fingerprint density at radius 1 is 1.30 bits per heavy atom. The molecule has 0 amide bonds. The van der Waals surface area contributed by atoms with Gasteiger partial charge >= 0.3 is 6.16 Å². The number of benzene rings is 1. The van der Waals surface area contributed by atoms with Gasteiger partial charge in [0.1, 0.15) is 0 Å². The summed E-state index contributed by atoms with van der Waals surface area (Å²) in [7, 11) is 1.27. The highest BCUT2D eigenvalue weighted by Crippen LogP contribution is 2.03. The van der Waals surface area contributed by atoms with Crippen LogP contribution in [-0.2, 0) is 16.0 Å². The number of nitrogens with one attached hydrogen (secondary N) is 1. The molecule has 1 aromatic carbocycles. The molecule has 0 radical (unpaired) electrons. The summed E-state index contributed by atoms with van der Waals surface area (Å²) in [5, 5.41) is 3.39. The van der Waals surface area contributed by atoms with Gasteiger partial charge in [0.15, 0.2) is 6.61 Å². The van der Waals surface area contributed by atoms with Gasteiger partial charge in [-0.05, 0) is 11.5 Å². The summed E-state index contributed by atoms with van der Waals surface area (Å²) >= 11 is 0. The number of carbonyl (C=O) groups excluding carboxylic acids is 1. The molecule has 0 bridgehead atoms. The Bertz CT molecular complexity index is 460. The molecular weight excluding hydrogens is 254 g/mol. The second-order valence-corrected chi connectivity index (χ2v) is 4.65. The maximum Gasteiger partial charge on any atom is 0.508 e. The summed E-state index contributed by atoms with van der Waals surface area (Å²) in [5.41, 5.74) is 1.21. The number of carbonyl (C=O) groups is 1. The van der Waals surface area contributed by atoms with Crippen molar-refractivity contribution in [3.05, 3.63) is 35.9 Å². The average Bonchev–Trinajstić information content (AvgIpc) is 2.46. The van der Waals surface area contributed by atoms with E-state index in [-0.39, 0.29) is 12.6 Å². The minimum Gasteiger partial charge on any atom is -0.438 e. The molecule has 1 N–H and O–H groups in total. The summed E-state index contributed by atoms with van der Waals surface area (Å²) in [4.78, 5) is 10.8. The lowest BCUT2D eigenvalue weighted by Crippen LogP contribution is -2.32. The van der Waals surface area contributed by atoms with E-state index in [0.717, 1.165) is 6.54 Å². The van der Waals surface area contributed by atoms with Crippen LogP contribution >= 0.6 is 0 Å². The van der Waals surface area contributed by atoms with Crippen LogP contribution in [0.2, 0.25) is 0 Å². The van der Waals surface area contributed by atoms with Crippen molar-refractivity contribution in [3.8, 4) is 11.8 Å². The molecular formula is C16H21NO3. The predicted octanol–water partition coefficient (Wildman–Crippen LogP) is 2.59. The molecule has 4 heteroatoms. The molecule has 0 heterocycles. The van der Waals surface area contributed by atoms with Crippen LogP contribution in [0.25, 0.3) is 0 Å². The second-order valence-electron chi connectivity index (χ2n) is 4.65. The molecule has 4 nitrogen and oxygen atoms in total. The fraction of sp³-hybridized carbons (Fsp3) is 0.438. The molecule has 1 atom stereocenters. The number of hydrogen-bond acceptors (Lipinski definition) is 4.